The number of ether oxygens (including phenoxy) is 1. The molecule has 2 aromatic rings. The Morgan fingerprint density at radius 3 is 2.71 bits per heavy atom. The second-order valence-electron chi connectivity index (χ2n) is 10.5. The molecule has 3 aliphatic heterocycles. The van der Waals surface area contributed by atoms with Crippen molar-refractivity contribution in [3.63, 3.8) is 0 Å². The topological polar surface area (TPSA) is 77.1 Å². The Balaban J connectivity index is 1.33. The van der Waals surface area contributed by atoms with Crippen LogP contribution in [0, 0.1) is 0 Å². The first-order valence-corrected chi connectivity index (χ1v) is 13.4. The molecule has 1 aliphatic carbocycles. The number of nitrogens with one attached hydrogen (secondary N) is 1. The van der Waals surface area contributed by atoms with Gasteiger partial charge in [-0.05, 0) is 63.1 Å². The number of rotatable bonds is 2. The van der Waals surface area contributed by atoms with Crippen molar-refractivity contribution in [2.45, 2.75) is 33.2 Å². The normalized spacial score (nSPS) is 21.1. The third-order valence-electron chi connectivity index (χ3n) is 7.75. The highest BCUT2D eigenvalue weighted by Crippen LogP contribution is 2.37. The number of aromatic nitrogens is 2. The molecule has 6 rings (SSSR count). The SMILES string of the molecule is CC1=CCCC(C)=C1N1Cc2cnc3nc2N(C/C=C/COc2cc(ccc2N2CCN(C)CC2)N3)C1=O. The Kier molecular flexibility index (Phi) is 6.53. The van der Waals surface area contributed by atoms with Crippen LogP contribution in [0.25, 0.3) is 0 Å². The summed E-state index contributed by atoms with van der Waals surface area (Å²) in [7, 11) is 2.16. The van der Waals surface area contributed by atoms with E-state index in [0.29, 0.717) is 31.5 Å². The number of hydrogen-bond donors (Lipinski definition) is 1. The smallest absolute Gasteiger partial charge is 0.330 e. The fraction of sp³-hybridized carbons (Fsp3) is 0.414. The number of nitrogens with zero attached hydrogens (tertiary/aromatic N) is 6. The van der Waals surface area contributed by atoms with Gasteiger partial charge in [-0.3, -0.25) is 9.80 Å². The number of allylic oxidation sites excluding steroid dienone is 3. The van der Waals surface area contributed by atoms with Crippen molar-refractivity contribution in [3.05, 3.63) is 65.0 Å². The van der Waals surface area contributed by atoms with Crippen molar-refractivity contribution >= 4 is 29.2 Å². The van der Waals surface area contributed by atoms with Crippen LogP contribution in [-0.4, -0.2) is 72.2 Å². The van der Waals surface area contributed by atoms with Crippen LogP contribution >= 0.6 is 0 Å². The predicted octanol–water partition coefficient (Wildman–Crippen LogP) is 4.68. The van der Waals surface area contributed by atoms with Crippen LogP contribution in [0.1, 0.15) is 32.3 Å². The molecule has 0 unspecified atom stereocenters. The lowest BCUT2D eigenvalue weighted by molar-refractivity contribution is 0.213. The summed E-state index contributed by atoms with van der Waals surface area (Å²) in [6.07, 6.45) is 10.0. The number of carbonyl (C=O) groups excluding carboxylic acids is 1. The van der Waals surface area contributed by atoms with Crippen molar-refractivity contribution in [2.75, 3.05) is 61.5 Å². The molecular weight excluding hydrogens is 478 g/mol. The van der Waals surface area contributed by atoms with Gasteiger partial charge in [0.2, 0.25) is 5.95 Å². The molecule has 1 fully saturated rings. The molecular formula is C29H35N7O2. The number of piperazine rings is 1. The van der Waals surface area contributed by atoms with Crippen LogP contribution in [0.3, 0.4) is 0 Å². The number of hydrogen-bond acceptors (Lipinski definition) is 7. The first kappa shape index (κ1) is 24.5. The molecule has 0 atom stereocenters. The lowest BCUT2D eigenvalue weighted by atomic mass is 9.96. The highest BCUT2D eigenvalue weighted by molar-refractivity contribution is 5.95. The average molecular weight is 514 g/mol. The maximum atomic E-state index is 13.9. The fourth-order valence-corrected chi connectivity index (χ4v) is 5.65. The Morgan fingerprint density at radius 1 is 1.05 bits per heavy atom. The summed E-state index contributed by atoms with van der Waals surface area (Å²) < 4.78 is 6.26. The molecule has 198 valence electrons. The largest absolute Gasteiger partial charge is 0.487 e. The number of likely N-dealkylation sites (N-methyl/N-ethyl adjacent to an activating group) is 1. The number of fused-ring (bicyclic) bond motifs is 3. The van der Waals surface area contributed by atoms with Crippen LogP contribution in [-0.2, 0) is 6.54 Å². The van der Waals surface area contributed by atoms with Gasteiger partial charge >= 0.3 is 6.03 Å². The van der Waals surface area contributed by atoms with Crippen LogP contribution < -0.4 is 19.9 Å². The number of amides is 2. The molecule has 4 heterocycles. The predicted molar refractivity (Wildman–Crippen MR) is 150 cm³/mol. The van der Waals surface area contributed by atoms with Crippen molar-refractivity contribution in [1.82, 2.24) is 19.8 Å². The summed E-state index contributed by atoms with van der Waals surface area (Å²) in [6.45, 7) is 9.45. The first-order chi connectivity index (χ1) is 18.5. The second-order valence-corrected chi connectivity index (χ2v) is 10.5. The number of urea groups is 1. The molecule has 1 saturated heterocycles. The highest BCUT2D eigenvalue weighted by atomic mass is 16.5. The van der Waals surface area contributed by atoms with E-state index in [4.69, 9.17) is 9.72 Å². The van der Waals surface area contributed by atoms with E-state index in [1.165, 1.54) is 5.57 Å². The van der Waals surface area contributed by atoms with Gasteiger partial charge in [0.05, 0.1) is 12.2 Å². The summed E-state index contributed by atoms with van der Waals surface area (Å²) in [6, 6.07) is 6.09. The minimum absolute atomic E-state index is 0.0653. The monoisotopic (exact) mass is 513 g/mol. The van der Waals surface area contributed by atoms with Crippen LogP contribution in [0.5, 0.6) is 5.75 Å². The zero-order valence-electron chi connectivity index (χ0n) is 22.4. The molecule has 2 amide bonds. The van der Waals surface area contributed by atoms with Crippen LogP contribution in [0.4, 0.5) is 27.9 Å². The minimum Gasteiger partial charge on any atom is -0.487 e. The van der Waals surface area contributed by atoms with E-state index >= 15 is 0 Å². The van der Waals surface area contributed by atoms with Crippen molar-refractivity contribution in [1.29, 1.82) is 0 Å². The Labute approximate surface area is 224 Å². The number of benzene rings is 1. The van der Waals surface area contributed by atoms with Gasteiger partial charge in [-0.15, -0.1) is 0 Å². The molecule has 1 aromatic carbocycles. The molecule has 1 N–H and O–H groups in total. The maximum Gasteiger partial charge on any atom is 0.330 e. The van der Waals surface area contributed by atoms with Crippen molar-refractivity contribution < 1.29 is 9.53 Å². The fourth-order valence-electron chi connectivity index (χ4n) is 5.65. The molecule has 9 heteroatoms. The lowest BCUT2D eigenvalue weighted by Crippen LogP contribution is -2.48. The van der Waals surface area contributed by atoms with Gasteiger partial charge in [-0.1, -0.05) is 12.2 Å². The molecule has 0 spiro atoms. The Hall–Kier alpha value is -3.85. The van der Waals surface area contributed by atoms with Gasteiger partial charge in [0, 0.05) is 61.9 Å². The molecule has 0 radical (unpaired) electrons. The first-order valence-electron chi connectivity index (χ1n) is 13.4. The second kappa shape index (κ2) is 10.1. The Bertz CT molecular complexity index is 1340. The third kappa shape index (κ3) is 4.62. The van der Waals surface area contributed by atoms with Crippen LogP contribution in [0.15, 0.2) is 59.5 Å². The third-order valence-corrected chi connectivity index (χ3v) is 7.75. The highest BCUT2D eigenvalue weighted by Gasteiger charge is 2.35. The van der Waals surface area contributed by atoms with Gasteiger partial charge in [-0.2, -0.15) is 4.98 Å². The molecule has 4 aliphatic rings. The molecule has 1 aromatic heterocycles. The van der Waals surface area contributed by atoms with E-state index in [1.807, 2.05) is 35.4 Å². The van der Waals surface area contributed by atoms with Gasteiger partial charge in [0.15, 0.2) is 0 Å². The van der Waals surface area contributed by atoms with Gasteiger partial charge in [0.1, 0.15) is 18.2 Å². The van der Waals surface area contributed by atoms with Gasteiger partial charge in [-0.25, -0.2) is 9.78 Å². The zero-order valence-corrected chi connectivity index (χ0v) is 22.4. The molecule has 9 nitrogen and oxygen atoms in total. The molecule has 4 bridgehead atoms. The van der Waals surface area contributed by atoms with Gasteiger partial charge < -0.3 is 19.9 Å². The van der Waals surface area contributed by atoms with Crippen molar-refractivity contribution in [3.8, 4) is 5.75 Å². The standard InChI is InChI=1S/C29H35N7O2/c1-20-7-6-8-21(2)26(20)36-19-22-18-30-28-31-23-9-10-24(34-14-12-33(3)13-15-34)25(17-23)38-16-5-4-11-35(29(36)37)27(22)32-28/h4-5,7,9-10,17-18H,6,8,11-16,19H2,1-3H3,(H,30,31,32)/b5-4+. The van der Waals surface area contributed by atoms with E-state index in [-0.39, 0.29) is 6.03 Å². The van der Waals surface area contributed by atoms with Gasteiger partial charge in [0.25, 0.3) is 0 Å². The maximum absolute atomic E-state index is 13.9. The average Bonchev–Trinajstić information content (AvgIpc) is 2.91. The molecule has 38 heavy (non-hydrogen) atoms. The van der Waals surface area contributed by atoms with E-state index < -0.39 is 0 Å². The summed E-state index contributed by atoms with van der Waals surface area (Å²) in [5, 5.41) is 3.34. The summed E-state index contributed by atoms with van der Waals surface area (Å²) in [5.74, 6) is 1.94. The van der Waals surface area contributed by atoms with E-state index in [0.717, 1.165) is 73.0 Å². The lowest BCUT2D eigenvalue weighted by Gasteiger charge is -2.38. The molecule has 0 saturated carbocycles. The number of anilines is 4. The van der Waals surface area contributed by atoms with Crippen molar-refractivity contribution in [2.24, 2.45) is 0 Å². The quantitative estimate of drug-likeness (QED) is 0.585. The Morgan fingerprint density at radius 2 is 1.89 bits per heavy atom. The van der Waals surface area contributed by atoms with E-state index in [1.54, 1.807) is 4.90 Å². The van der Waals surface area contributed by atoms with E-state index in [2.05, 4.69) is 53.1 Å². The summed E-state index contributed by atoms with van der Waals surface area (Å²) in [5.41, 5.74) is 6.28. The van der Waals surface area contributed by atoms with Crippen LogP contribution in [0.2, 0.25) is 0 Å². The zero-order chi connectivity index (χ0) is 26.2. The summed E-state index contributed by atoms with van der Waals surface area (Å²) >= 11 is 0. The van der Waals surface area contributed by atoms with E-state index in [9.17, 15) is 4.79 Å². The minimum atomic E-state index is -0.0653. The summed E-state index contributed by atoms with van der Waals surface area (Å²) in [4.78, 5) is 31.6. The number of carbonyl (C=O) groups is 1.